The van der Waals surface area contributed by atoms with E-state index >= 15 is 4.39 Å². The first kappa shape index (κ1) is 22.2. The molecule has 2 atom stereocenters. The Hall–Kier alpha value is -3.29. The Morgan fingerprint density at radius 1 is 1.03 bits per heavy atom. The smallest absolute Gasteiger partial charge is 0.256 e. The molecule has 0 spiro atoms. The van der Waals surface area contributed by atoms with E-state index in [1.807, 2.05) is 23.1 Å². The molecular weight excluding hydrogens is 445 g/mol. The summed E-state index contributed by atoms with van der Waals surface area (Å²) in [5.74, 6) is 0.304. The maximum absolute atomic E-state index is 15.3. The number of hydrazine groups is 1. The number of nitrogens with one attached hydrogen (secondary N) is 1. The molecule has 3 aliphatic heterocycles. The van der Waals surface area contributed by atoms with Crippen LogP contribution in [0.5, 0.6) is 0 Å². The van der Waals surface area contributed by atoms with Gasteiger partial charge in [0.2, 0.25) is 11.6 Å². The van der Waals surface area contributed by atoms with Crippen LogP contribution in [-0.4, -0.2) is 47.6 Å². The SMILES string of the molecule is O=C(C1CC1)N1CC[C@@H](CC2=NN[N+](=O)C2c2ccc(-c3ccc(N4CCCC4)cc3)cc2F)C1. The van der Waals surface area contributed by atoms with Crippen molar-refractivity contribution >= 4 is 17.3 Å². The number of halogens is 1. The fraction of sp³-hybridized carbons (Fsp3) is 0.481. The van der Waals surface area contributed by atoms with E-state index in [4.69, 9.17) is 0 Å². The largest absolute Gasteiger partial charge is 0.372 e. The number of hydrogen-bond donors (Lipinski definition) is 1. The predicted molar refractivity (Wildman–Crippen MR) is 132 cm³/mol. The number of rotatable bonds is 6. The first-order chi connectivity index (χ1) is 17.1. The quantitative estimate of drug-likeness (QED) is 0.626. The van der Waals surface area contributed by atoms with Gasteiger partial charge in [0, 0.05) is 54.9 Å². The minimum Gasteiger partial charge on any atom is -0.372 e. The Balaban J connectivity index is 1.16. The van der Waals surface area contributed by atoms with E-state index < -0.39 is 11.9 Å². The van der Waals surface area contributed by atoms with Gasteiger partial charge in [0.1, 0.15) is 5.82 Å². The summed E-state index contributed by atoms with van der Waals surface area (Å²) in [5.41, 5.74) is 6.36. The summed E-state index contributed by atoms with van der Waals surface area (Å²) >= 11 is 0. The molecule has 8 heteroatoms. The van der Waals surface area contributed by atoms with Crippen LogP contribution in [0, 0.1) is 22.6 Å². The number of carbonyl (C=O) groups is 1. The van der Waals surface area contributed by atoms with Crippen LogP contribution in [0.1, 0.15) is 50.1 Å². The highest BCUT2D eigenvalue weighted by atomic mass is 19.1. The fourth-order valence-corrected chi connectivity index (χ4v) is 5.68. The molecule has 4 aliphatic rings. The molecule has 1 aliphatic carbocycles. The van der Waals surface area contributed by atoms with Crippen molar-refractivity contribution in [3.8, 4) is 11.1 Å². The first-order valence-electron chi connectivity index (χ1n) is 12.8. The fourth-order valence-electron chi connectivity index (χ4n) is 5.68. The third kappa shape index (κ3) is 4.42. The van der Waals surface area contributed by atoms with Crippen LogP contribution in [-0.2, 0) is 4.79 Å². The van der Waals surface area contributed by atoms with Crippen molar-refractivity contribution in [1.82, 2.24) is 10.4 Å². The molecule has 2 aromatic carbocycles. The van der Waals surface area contributed by atoms with Gasteiger partial charge >= 0.3 is 0 Å². The van der Waals surface area contributed by atoms with Crippen LogP contribution in [0.2, 0.25) is 0 Å². The summed E-state index contributed by atoms with van der Waals surface area (Å²) in [4.78, 5) is 29.9. The number of hydrogen-bond acceptors (Lipinski definition) is 4. The second kappa shape index (κ2) is 9.06. The second-order valence-corrected chi connectivity index (χ2v) is 10.3. The second-order valence-electron chi connectivity index (χ2n) is 10.3. The average Bonchev–Trinajstić information content (AvgIpc) is 3.22. The molecule has 0 bridgehead atoms. The lowest BCUT2D eigenvalue weighted by molar-refractivity contribution is -0.623. The van der Waals surface area contributed by atoms with Gasteiger partial charge in [-0.15, -0.1) is 0 Å². The Labute approximate surface area is 204 Å². The van der Waals surface area contributed by atoms with Gasteiger partial charge in [-0.3, -0.25) is 4.79 Å². The molecular formula is C27H31FN5O2+. The highest BCUT2D eigenvalue weighted by molar-refractivity contribution is 5.90. The summed E-state index contributed by atoms with van der Waals surface area (Å²) in [6, 6.07) is 12.5. The van der Waals surface area contributed by atoms with Gasteiger partial charge in [0.05, 0.1) is 4.87 Å². The highest BCUT2D eigenvalue weighted by Crippen LogP contribution is 2.35. The summed E-state index contributed by atoms with van der Waals surface area (Å²) in [6.45, 7) is 3.62. The van der Waals surface area contributed by atoms with E-state index in [9.17, 15) is 9.70 Å². The average molecular weight is 477 g/mol. The van der Waals surface area contributed by atoms with Gasteiger partial charge in [-0.25, -0.2) is 4.39 Å². The lowest BCUT2D eigenvalue weighted by atomic mass is 9.92. The minimum atomic E-state index is -0.797. The molecule has 2 aromatic rings. The Morgan fingerprint density at radius 2 is 1.77 bits per heavy atom. The molecule has 7 nitrogen and oxygen atoms in total. The van der Waals surface area contributed by atoms with Gasteiger partial charge in [-0.05, 0) is 77.8 Å². The lowest BCUT2D eigenvalue weighted by Gasteiger charge is -2.18. The Kier molecular flexibility index (Phi) is 5.74. The standard InChI is InChI=1S/C27H31FN5O2/c28-24-16-21(19-5-8-22(9-6-19)31-12-1-2-13-31)7-10-23(24)26-25(29-30-33(26)35)15-18-11-14-32(17-18)27(34)20-3-4-20/h5-10,16,18,20,26H,1-4,11-15,17H2,(H,30,35)/q+1/t18-,26?/m0/s1. The Morgan fingerprint density at radius 3 is 2.49 bits per heavy atom. The van der Waals surface area contributed by atoms with E-state index in [-0.39, 0.29) is 17.7 Å². The zero-order valence-corrected chi connectivity index (χ0v) is 19.8. The number of benzene rings is 2. The number of amides is 1. The summed E-state index contributed by atoms with van der Waals surface area (Å²) in [5, 5.41) is 4.23. The van der Waals surface area contributed by atoms with Crippen LogP contribution in [0.4, 0.5) is 10.1 Å². The zero-order chi connectivity index (χ0) is 23.9. The number of nitrogens with zero attached hydrogens (tertiary/aromatic N) is 4. The molecule has 3 fully saturated rings. The van der Waals surface area contributed by atoms with Gasteiger partial charge in [0.25, 0.3) is 6.04 Å². The molecule has 1 unspecified atom stereocenters. The van der Waals surface area contributed by atoms with Crippen LogP contribution < -0.4 is 10.4 Å². The van der Waals surface area contributed by atoms with Gasteiger partial charge in [-0.1, -0.05) is 24.3 Å². The van der Waals surface area contributed by atoms with Crippen molar-refractivity contribution < 1.29 is 14.1 Å². The van der Waals surface area contributed by atoms with Gasteiger partial charge in [0.15, 0.2) is 0 Å². The van der Waals surface area contributed by atoms with Gasteiger partial charge < -0.3 is 9.80 Å². The zero-order valence-electron chi connectivity index (χ0n) is 19.8. The molecule has 0 radical (unpaired) electrons. The van der Waals surface area contributed by atoms with Crippen LogP contribution in [0.3, 0.4) is 0 Å². The number of nitroso groups, excluding NO2 is 1. The maximum Gasteiger partial charge on any atom is 0.256 e. The van der Waals surface area contributed by atoms with Gasteiger partial charge in [-0.2, -0.15) is 0 Å². The van der Waals surface area contributed by atoms with E-state index in [0.29, 0.717) is 29.1 Å². The molecule has 6 rings (SSSR count). The van der Waals surface area contributed by atoms with Crippen molar-refractivity contribution in [3.63, 3.8) is 0 Å². The minimum absolute atomic E-state index is 0.216. The molecule has 1 N–H and O–H groups in total. The molecule has 1 saturated carbocycles. The monoisotopic (exact) mass is 476 g/mol. The maximum atomic E-state index is 15.3. The van der Waals surface area contributed by atoms with Crippen LogP contribution in [0.15, 0.2) is 47.6 Å². The predicted octanol–water partition coefficient (Wildman–Crippen LogP) is 4.44. The normalized spacial score (nSPS) is 24.1. The number of likely N-dealkylation sites (tertiary alicyclic amines) is 1. The van der Waals surface area contributed by atoms with Crippen LogP contribution >= 0.6 is 0 Å². The van der Waals surface area contributed by atoms with E-state index in [2.05, 4.69) is 27.7 Å². The lowest BCUT2D eigenvalue weighted by Crippen LogP contribution is -2.30. The summed E-state index contributed by atoms with van der Waals surface area (Å²) in [6.07, 6.45) is 5.92. The molecule has 182 valence electrons. The van der Waals surface area contributed by atoms with E-state index in [1.165, 1.54) is 24.6 Å². The number of anilines is 1. The molecule has 0 aromatic heterocycles. The topological polar surface area (TPSA) is 68.0 Å². The molecule has 3 heterocycles. The van der Waals surface area contributed by atoms with Crippen molar-refractivity contribution in [2.45, 2.75) is 44.6 Å². The first-order valence-corrected chi connectivity index (χ1v) is 12.8. The highest BCUT2D eigenvalue weighted by Gasteiger charge is 2.43. The molecule has 1 amide bonds. The van der Waals surface area contributed by atoms with Crippen molar-refractivity contribution in [3.05, 3.63) is 58.8 Å². The van der Waals surface area contributed by atoms with Crippen molar-refractivity contribution in [1.29, 1.82) is 0 Å². The third-order valence-corrected chi connectivity index (χ3v) is 7.83. The number of carbonyl (C=O) groups excluding carboxylic acids is 1. The van der Waals surface area contributed by atoms with Crippen LogP contribution in [0.25, 0.3) is 11.1 Å². The number of hydrazone groups is 1. The summed E-state index contributed by atoms with van der Waals surface area (Å²) < 4.78 is 15.3. The molecule has 2 saturated heterocycles. The third-order valence-electron chi connectivity index (χ3n) is 7.83. The van der Waals surface area contributed by atoms with Crippen molar-refractivity contribution in [2.75, 3.05) is 31.1 Å². The summed E-state index contributed by atoms with van der Waals surface area (Å²) in [7, 11) is 0. The van der Waals surface area contributed by atoms with E-state index in [0.717, 1.165) is 50.0 Å². The van der Waals surface area contributed by atoms with Crippen molar-refractivity contribution in [2.24, 2.45) is 16.9 Å². The van der Waals surface area contributed by atoms with E-state index in [1.54, 1.807) is 6.07 Å². The Bertz CT molecular complexity index is 1170. The molecule has 35 heavy (non-hydrogen) atoms.